The van der Waals surface area contributed by atoms with Crippen LogP contribution < -0.4 is 4.74 Å². The first-order valence-corrected chi connectivity index (χ1v) is 9.68. The first-order valence-electron chi connectivity index (χ1n) is 8.70. The molecule has 4 heterocycles. The number of ether oxygens (including phenoxy) is 1. The zero-order chi connectivity index (χ0) is 20.1. The fourth-order valence-electron chi connectivity index (χ4n) is 3.42. The largest absolute Gasteiger partial charge is 0.491 e. The van der Waals surface area contributed by atoms with Crippen LogP contribution in [0.5, 0.6) is 5.75 Å². The predicted molar refractivity (Wildman–Crippen MR) is 101 cm³/mol. The number of hydrogen-bond acceptors (Lipinski definition) is 8. The Balaban J connectivity index is 1.63. The summed E-state index contributed by atoms with van der Waals surface area (Å²) in [6, 6.07) is 3.59. The zero-order valence-electron chi connectivity index (χ0n) is 14.8. The highest BCUT2D eigenvalue weighted by molar-refractivity contribution is 8.15. The number of aromatic nitrogens is 5. The zero-order valence-corrected chi connectivity index (χ0v) is 15.6. The lowest BCUT2D eigenvalue weighted by Crippen LogP contribution is -2.22. The van der Waals surface area contributed by atoms with Crippen LogP contribution in [0.15, 0.2) is 30.7 Å². The fourth-order valence-corrected chi connectivity index (χ4v) is 4.25. The average Bonchev–Trinajstić information content (AvgIpc) is 3.38. The van der Waals surface area contributed by atoms with Crippen molar-refractivity contribution in [1.82, 2.24) is 24.3 Å². The molecule has 2 aliphatic rings. The fraction of sp³-hybridized carbons (Fsp3) is 0.222. The number of hydrogen-bond donors (Lipinski definition) is 1. The molecular weight excluding hydrogens is 398 g/mol. The van der Waals surface area contributed by atoms with E-state index in [0.717, 1.165) is 11.8 Å². The smallest absolute Gasteiger partial charge is 0.335 e. The molecular formula is C18H13N5O5S. The van der Waals surface area contributed by atoms with Gasteiger partial charge in [-0.15, -0.1) is 0 Å². The van der Waals surface area contributed by atoms with Gasteiger partial charge < -0.3 is 14.4 Å². The van der Waals surface area contributed by atoms with Crippen LogP contribution in [0.2, 0.25) is 0 Å². The number of imidazole rings is 1. The minimum Gasteiger partial charge on any atom is -0.491 e. The minimum atomic E-state index is -1.05. The van der Waals surface area contributed by atoms with E-state index in [4.69, 9.17) is 4.74 Å². The predicted octanol–water partition coefficient (Wildman–Crippen LogP) is 1.28. The highest BCUT2D eigenvalue weighted by Gasteiger charge is 2.38. The van der Waals surface area contributed by atoms with Gasteiger partial charge in [0.05, 0.1) is 23.4 Å². The summed E-state index contributed by atoms with van der Waals surface area (Å²) in [7, 11) is 0. The van der Waals surface area contributed by atoms with E-state index in [0.29, 0.717) is 41.8 Å². The molecule has 146 valence electrons. The maximum atomic E-state index is 12.1. The van der Waals surface area contributed by atoms with Crippen molar-refractivity contribution < 1.29 is 24.2 Å². The Morgan fingerprint density at radius 1 is 1.28 bits per heavy atom. The number of rotatable bonds is 3. The number of Topliss-reactive ketones (excluding diaryl/α,β-unsaturated/α-hetero) is 1. The van der Waals surface area contributed by atoms with Crippen molar-refractivity contribution in [3.8, 4) is 28.7 Å². The maximum Gasteiger partial charge on any atom is 0.335 e. The number of ketones is 1. The molecule has 10 nitrogen and oxygen atoms in total. The van der Waals surface area contributed by atoms with Crippen LogP contribution in [0.25, 0.3) is 22.9 Å². The van der Waals surface area contributed by atoms with Crippen LogP contribution in [0.3, 0.4) is 0 Å². The number of fused-ring (bicyclic) bond motifs is 3. The number of carboxylic acid groups (broad SMARTS) is 1. The summed E-state index contributed by atoms with van der Waals surface area (Å²) in [6.07, 6.45) is 3.02. The summed E-state index contributed by atoms with van der Waals surface area (Å²) >= 11 is 0.966. The Kier molecular flexibility index (Phi) is 3.98. The first-order chi connectivity index (χ1) is 14.0. The molecule has 1 saturated heterocycles. The van der Waals surface area contributed by atoms with Crippen LogP contribution in [0, 0.1) is 0 Å². The summed E-state index contributed by atoms with van der Waals surface area (Å²) in [5.74, 6) is 0.193. The molecule has 1 N–H and O–H groups in total. The van der Waals surface area contributed by atoms with Crippen molar-refractivity contribution in [3.05, 3.63) is 36.3 Å². The third-order valence-electron chi connectivity index (χ3n) is 4.77. The second kappa shape index (κ2) is 6.55. The van der Waals surface area contributed by atoms with Crippen LogP contribution in [0.4, 0.5) is 0 Å². The number of benzene rings is 1. The van der Waals surface area contributed by atoms with Gasteiger partial charge in [-0.3, -0.25) is 9.59 Å². The van der Waals surface area contributed by atoms with E-state index < -0.39 is 12.0 Å². The van der Waals surface area contributed by atoms with Crippen molar-refractivity contribution in [2.45, 2.75) is 12.6 Å². The van der Waals surface area contributed by atoms with E-state index in [2.05, 4.69) is 15.1 Å². The third-order valence-corrected chi connectivity index (χ3v) is 5.70. The van der Waals surface area contributed by atoms with E-state index in [1.807, 2.05) is 4.57 Å². The van der Waals surface area contributed by atoms with Gasteiger partial charge in [-0.1, -0.05) is 11.8 Å². The lowest BCUT2D eigenvalue weighted by Gasteiger charge is -2.09. The number of carbonyl (C=O) groups excluding carboxylic acids is 2. The van der Waals surface area contributed by atoms with Crippen LogP contribution >= 0.6 is 11.8 Å². The number of carboxylic acids is 1. The minimum absolute atomic E-state index is 0.116. The summed E-state index contributed by atoms with van der Waals surface area (Å²) in [5, 5.41) is 13.1. The first kappa shape index (κ1) is 17.6. The van der Waals surface area contributed by atoms with Crippen molar-refractivity contribution >= 4 is 28.6 Å². The van der Waals surface area contributed by atoms with Crippen molar-refractivity contribution in [1.29, 1.82) is 0 Å². The van der Waals surface area contributed by atoms with Gasteiger partial charge in [0.25, 0.3) is 0 Å². The van der Waals surface area contributed by atoms with Crippen molar-refractivity contribution in [2.24, 2.45) is 0 Å². The molecule has 3 aromatic rings. The summed E-state index contributed by atoms with van der Waals surface area (Å²) < 4.78 is 8.84. The maximum absolute atomic E-state index is 12.1. The Hall–Kier alpha value is -3.47. The number of nitrogens with zero attached hydrogens (tertiary/aromatic N) is 5. The summed E-state index contributed by atoms with van der Waals surface area (Å²) in [6.45, 7) is 0.871. The number of aromatic carboxylic acids is 1. The van der Waals surface area contributed by atoms with Gasteiger partial charge in [-0.05, 0) is 18.2 Å². The van der Waals surface area contributed by atoms with Crippen LogP contribution in [-0.2, 0) is 16.1 Å². The van der Waals surface area contributed by atoms with Gasteiger partial charge in [0, 0.05) is 6.20 Å². The van der Waals surface area contributed by atoms with E-state index in [9.17, 15) is 19.5 Å². The molecule has 0 unspecified atom stereocenters. The molecule has 0 spiro atoms. The highest BCUT2D eigenvalue weighted by atomic mass is 32.2. The molecule has 0 bridgehead atoms. The second-order valence-electron chi connectivity index (χ2n) is 6.51. The highest BCUT2D eigenvalue weighted by Crippen LogP contribution is 2.35. The SMILES string of the molecule is O=C(O)c1ccc2c(c1)-c1nc(-c3ncnn3[C@H]3C(=O)CSC3=O)cn1CCO2. The van der Waals surface area contributed by atoms with Gasteiger partial charge in [-0.25, -0.2) is 19.4 Å². The number of thioether (sulfide) groups is 1. The average molecular weight is 411 g/mol. The van der Waals surface area contributed by atoms with E-state index >= 15 is 0 Å². The molecule has 29 heavy (non-hydrogen) atoms. The van der Waals surface area contributed by atoms with Crippen molar-refractivity contribution in [2.75, 3.05) is 12.4 Å². The molecule has 0 aliphatic carbocycles. The Morgan fingerprint density at radius 3 is 2.90 bits per heavy atom. The molecule has 5 rings (SSSR count). The normalized spacial score (nSPS) is 18.1. The Labute approximate surface area is 167 Å². The molecule has 0 saturated carbocycles. The Morgan fingerprint density at radius 2 is 2.14 bits per heavy atom. The van der Waals surface area contributed by atoms with Gasteiger partial charge in [0.1, 0.15) is 30.2 Å². The molecule has 11 heteroatoms. The van der Waals surface area contributed by atoms with E-state index in [1.54, 1.807) is 12.3 Å². The third kappa shape index (κ3) is 2.81. The lowest BCUT2D eigenvalue weighted by molar-refractivity contribution is -0.124. The van der Waals surface area contributed by atoms with E-state index in [-0.39, 0.29) is 22.2 Å². The molecule has 2 aliphatic heterocycles. The molecule has 1 fully saturated rings. The standard InChI is InChI=1S/C18H13N5O5S/c24-12-7-29-18(27)14(12)23-16(19-8-20-23)11-6-22-3-4-28-13-2-1-9(17(25)26)5-10(13)15(22)21-11/h1-2,5-6,8,14H,3-4,7H2,(H,25,26)/t14-/m0/s1. The molecule has 2 aromatic heterocycles. The molecule has 0 amide bonds. The summed E-state index contributed by atoms with van der Waals surface area (Å²) in [5.41, 5.74) is 1.10. The van der Waals surface area contributed by atoms with Gasteiger partial charge in [0.15, 0.2) is 17.6 Å². The number of carbonyl (C=O) groups is 3. The second-order valence-corrected chi connectivity index (χ2v) is 7.49. The quantitative estimate of drug-likeness (QED) is 0.634. The van der Waals surface area contributed by atoms with Crippen LogP contribution in [-0.4, -0.2) is 58.6 Å². The Bertz CT molecular complexity index is 1170. The van der Waals surface area contributed by atoms with Crippen molar-refractivity contribution in [3.63, 3.8) is 0 Å². The topological polar surface area (TPSA) is 129 Å². The molecule has 1 aromatic carbocycles. The van der Waals surface area contributed by atoms with Gasteiger partial charge in [-0.2, -0.15) is 5.10 Å². The summed E-state index contributed by atoms with van der Waals surface area (Å²) in [4.78, 5) is 44.5. The monoisotopic (exact) mass is 411 g/mol. The lowest BCUT2D eigenvalue weighted by atomic mass is 10.1. The molecule has 0 radical (unpaired) electrons. The molecule has 1 atom stereocenters. The van der Waals surface area contributed by atoms with Gasteiger partial charge in [0.2, 0.25) is 5.12 Å². The van der Waals surface area contributed by atoms with E-state index in [1.165, 1.54) is 23.1 Å². The van der Waals surface area contributed by atoms with Crippen LogP contribution in [0.1, 0.15) is 16.4 Å². The van der Waals surface area contributed by atoms with Gasteiger partial charge >= 0.3 is 5.97 Å².